The summed E-state index contributed by atoms with van der Waals surface area (Å²) in [5, 5.41) is 9.86. The molecule has 0 bridgehead atoms. The first kappa shape index (κ1) is 12.0. The number of aromatic hydroxyl groups is 1. The molecule has 1 aromatic rings. The van der Waals surface area contributed by atoms with E-state index in [9.17, 15) is 9.90 Å². The van der Waals surface area contributed by atoms with E-state index in [0.717, 1.165) is 12.0 Å². The molecule has 1 aliphatic carbocycles. The minimum Gasteiger partial charge on any atom is -0.508 e. The Morgan fingerprint density at radius 2 is 2.00 bits per heavy atom. The maximum absolute atomic E-state index is 11.3. The second-order valence-corrected chi connectivity index (χ2v) is 4.88. The highest BCUT2D eigenvalue weighted by atomic mass is 16.3. The van der Waals surface area contributed by atoms with Crippen LogP contribution in [0.4, 0.5) is 0 Å². The fraction of sp³-hybridized carbons (Fsp3) is 0.500. The van der Waals surface area contributed by atoms with Crippen molar-refractivity contribution in [3.8, 4) is 5.75 Å². The molecule has 3 N–H and O–H groups in total. The number of primary amides is 1. The van der Waals surface area contributed by atoms with E-state index >= 15 is 0 Å². The summed E-state index contributed by atoms with van der Waals surface area (Å²) in [6.07, 6.45) is 6.96. The summed E-state index contributed by atoms with van der Waals surface area (Å²) < 4.78 is 0. The number of rotatable bonds is 3. The fourth-order valence-electron chi connectivity index (χ4n) is 2.70. The van der Waals surface area contributed by atoms with E-state index < -0.39 is 5.91 Å². The standard InChI is InChI=1S/C14H19NO2/c15-14(17)11-7-4-8-13(16)12(11)9-10-5-2-1-3-6-10/h4,7-8,10,16H,1-3,5-6,9H2,(H2,15,17). The van der Waals surface area contributed by atoms with Gasteiger partial charge in [0.25, 0.3) is 0 Å². The van der Waals surface area contributed by atoms with Crippen LogP contribution >= 0.6 is 0 Å². The number of hydrogen-bond donors (Lipinski definition) is 2. The van der Waals surface area contributed by atoms with Gasteiger partial charge in [0.1, 0.15) is 5.75 Å². The van der Waals surface area contributed by atoms with Gasteiger partial charge in [-0.05, 0) is 24.5 Å². The van der Waals surface area contributed by atoms with Crippen LogP contribution in [-0.4, -0.2) is 11.0 Å². The van der Waals surface area contributed by atoms with Crippen LogP contribution in [0.15, 0.2) is 18.2 Å². The minimum absolute atomic E-state index is 0.201. The molecule has 3 heteroatoms. The molecule has 0 saturated heterocycles. The van der Waals surface area contributed by atoms with E-state index in [0.29, 0.717) is 11.5 Å². The molecule has 1 aromatic carbocycles. The van der Waals surface area contributed by atoms with Crippen LogP contribution < -0.4 is 5.73 Å². The fourth-order valence-corrected chi connectivity index (χ4v) is 2.70. The monoisotopic (exact) mass is 233 g/mol. The van der Waals surface area contributed by atoms with E-state index in [1.807, 2.05) is 0 Å². The first-order valence-electron chi connectivity index (χ1n) is 6.29. The lowest BCUT2D eigenvalue weighted by Crippen LogP contribution is -2.17. The molecule has 2 rings (SSSR count). The predicted molar refractivity (Wildman–Crippen MR) is 66.9 cm³/mol. The Morgan fingerprint density at radius 3 is 2.65 bits per heavy atom. The molecule has 3 nitrogen and oxygen atoms in total. The summed E-state index contributed by atoms with van der Waals surface area (Å²) in [4.78, 5) is 11.3. The molecule has 0 unspecified atom stereocenters. The smallest absolute Gasteiger partial charge is 0.249 e. The maximum Gasteiger partial charge on any atom is 0.249 e. The van der Waals surface area contributed by atoms with Gasteiger partial charge in [0, 0.05) is 11.1 Å². The van der Waals surface area contributed by atoms with Crippen LogP contribution in [-0.2, 0) is 6.42 Å². The highest BCUT2D eigenvalue weighted by Gasteiger charge is 2.19. The van der Waals surface area contributed by atoms with Gasteiger partial charge in [-0.1, -0.05) is 38.2 Å². The van der Waals surface area contributed by atoms with E-state index in [1.165, 1.54) is 32.1 Å². The van der Waals surface area contributed by atoms with E-state index in [4.69, 9.17) is 5.73 Å². The summed E-state index contributed by atoms with van der Waals surface area (Å²) in [5.41, 5.74) is 6.54. The second kappa shape index (κ2) is 5.21. The maximum atomic E-state index is 11.3. The number of benzene rings is 1. The summed E-state index contributed by atoms with van der Waals surface area (Å²) in [6.45, 7) is 0. The van der Waals surface area contributed by atoms with Crippen LogP contribution in [0.1, 0.15) is 48.0 Å². The van der Waals surface area contributed by atoms with Crippen molar-refractivity contribution in [1.29, 1.82) is 0 Å². The molecule has 1 aliphatic rings. The van der Waals surface area contributed by atoms with Crippen molar-refractivity contribution in [3.05, 3.63) is 29.3 Å². The average molecular weight is 233 g/mol. The quantitative estimate of drug-likeness (QED) is 0.843. The normalized spacial score (nSPS) is 16.9. The summed E-state index contributed by atoms with van der Waals surface area (Å²) in [6, 6.07) is 4.99. The van der Waals surface area contributed by atoms with E-state index in [-0.39, 0.29) is 5.75 Å². The van der Waals surface area contributed by atoms with Crippen molar-refractivity contribution >= 4 is 5.91 Å². The van der Waals surface area contributed by atoms with E-state index in [2.05, 4.69) is 0 Å². The highest BCUT2D eigenvalue weighted by Crippen LogP contribution is 2.31. The lowest BCUT2D eigenvalue weighted by atomic mass is 9.83. The Morgan fingerprint density at radius 1 is 1.29 bits per heavy atom. The van der Waals surface area contributed by atoms with Crippen molar-refractivity contribution in [2.24, 2.45) is 11.7 Å². The number of carbonyl (C=O) groups excluding carboxylic acids is 1. The molecule has 0 spiro atoms. The Labute approximate surface area is 102 Å². The largest absolute Gasteiger partial charge is 0.508 e. The van der Waals surface area contributed by atoms with Crippen molar-refractivity contribution in [2.75, 3.05) is 0 Å². The van der Waals surface area contributed by atoms with Crippen LogP contribution in [0.2, 0.25) is 0 Å². The summed E-state index contributed by atoms with van der Waals surface area (Å²) in [7, 11) is 0. The molecule has 0 radical (unpaired) electrons. The number of phenols is 1. The number of hydrogen-bond acceptors (Lipinski definition) is 2. The molecule has 92 valence electrons. The third-order valence-corrected chi connectivity index (χ3v) is 3.63. The van der Waals surface area contributed by atoms with Gasteiger partial charge in [-0.3, -0.25) is 4.79 Å². The van der Waals surface area contributed by atoms with Gasteiger partial charge >= 0.3 is 0 Å². The van der Waals surface area contributed by atoms with Crippen LogP contribution in [0.5, 0.6) is 5.75 Å². The number of phenolic OH excluding ortho intramolecular Hbond substituents is 1. The first-order chi connectivity index (χ1) is 8.18. The van der Waals surface area contributed by atoms with Gasteiger partial charge in [0.2, 0.25) is 5.91 Å². The van der Waals surface area contributed by atoms with Crippen LogP contribution in [0, 0.1) is 5.92 Å². The Kier molecular flexibility index (Phi) is 3.67. The lowest BCUT2D eigenvalue weighted by Gasteiger charge is -2.22. The van der Waals surface area contributed by atoms with E-state index in [1.54, 1.807) is 18.2 Å². The SMILES string of the molecule is NC(=O)c1cccc(O)c1CC1CCCCC1. The van der Waals surface area contributed by atoms with Gasteiger partial charge in [0.05, 0.1) is 0 Å². The zero-order valence-corrected chi connectivity index (χ0v) is 9.98. The Bertz CT molecular complexity index is 409. The molecule has 0 heterocycles. The van der Waals surface area contributed by atoms with Crippen molar-refractivity contribution in [3.63, 3.8) is 0 Å². The van der Waals surface area contributed by atoms with Gasteiger partial charge in [0.15, 0.2) is 0 Å². The molecule has 0 atom stereocenters. The van der Waals surface area contributed by atoms with Crippen LogP contribution in [0.25, 0.3) is 0 Å². The second-order valence-electron chi connectivity index (χ2n) is 4.88. The molecule has 1 amide bonds. The molecule has 0 aromatic heterocycles. The van der Waals surface area contributed by atoms with Crippen molar-refractivity contribution in [2.45, 2.75) is 38.5 Å². The van der Waals surface area contributed by atoms with Gasteiger partial charge in [-0.2, -0.15) is 0 Å². The van der Waals surface area contributed by atoms with Gasteiger partial charge < -0.3 is 10.8 Å². The average Bonchev–Trinajstić information content (AvgIpc) is 2.33. The molecule has 0 aliphatic heterocycles. The first-order valence-corrected chi connectivity index (χ1v) is 6.29. The molecule has 1 fully saturated rings. The van der Waals surface area contributed by atoms with Gasteiger partial charge in [-0.25, -0.2) is 0 Å². The number of amides is 1. The Balaban J connectivity index is 2.21. The van der Waals surface area contributed by atoms with Gasteiger partial charge in [-0.15, -0.1) is 0 Å². The molecule has 1 saturated carbocycles. The molecule has 17 heavy (non-hydrogen) atoms. The lowest BCUT2D eigenvalue weighted by molar-refractivity contribution is 0.0998. The topological polar surface area (TPSA) is 63.3 Å². The minimum atomic E-state index is -0.452. The van der Waals surface area contributed by atoms with Crippen LogP contribution in [0.3, 0.4) is 0 Å². The van der Waals surface area contributed by atoms with Crippen molar-refractivity contribution < 1.29 is 9.90 Å². The number of nitrogens with two attached hydrogens (primary N) is 1. The Hall–Kier alpha value is -1.51. The number of carbonyl (C=O) groups is 1. The zero-order valence-electron chi connectivity index (χ0n) is 9.98. The summed E-state index contributed by atoms with van der Waals surface area (Å²) in [5.74, 6) is 0.328. The molecular formula is C14H19NO2. The third kappa shape index (κ3) is 2.78. The van der Waals surface area contributed by atoms with Crippen molar-refractivity contribution in [1.82, 2.24) is 0 Å². The zero-order chi connectivity index (χ0) is 12.3. The summed E-state index contributed by atoms with van der Waals surface area (Å²) >= 11 is 0. The molecular weight excluding hydrogens is 214 g/mol. The predicted octanol–water partition coefficient (Wildman–Crippen LogP) is 2.61. The third-order valence-electron chi connectivity index (χ3n) is 3.63. The highest BCUT2D eigenvalue weighted by molar-refractivity contribution is 5.95.